The highest BCUT2D eigenvalue weighted by Gasteiger charge is 2.48. The molecule has 396 valence electrons. The summed E-state index contributed by atoms with van der Waals surface area (Å²) in [6, 6.07) is 0. The van der Waals surface area contributed by atoms with Gasteiger partial charge in [0.25, 0.3) is 5.91 Å². The smallest absolute Gasteiger partial charge is 0.404 e. The fourth-order valence-electron chi connectivity index (χ4n) is 7.66. The van der Waals surface area contributed by atoms with E-state index in [4.69, 9.17) is 28.6 Å². The van der Waals surface area contributed by atoms with Crippen LogP contribution in [0.1, 0.15) is 117 Å². The molecule has 0 rings (SSSR count). The standard InChI is InChI=1S/C52H101N3O10Si3/c1-27-28-29-34(2)44(62-49(53)60)38(6)46(65-68(25,26)52(15,16)17)39(7)47(58)54(18)33-36(4)43(63-66(21,22)50(9,10)11)35(3)30-31-41(56)32-42(57)37(5)45(40(8)48(59)55(19)61-20)64-67(23,24)51(12,13)14/h27-31,34-41,43-46,56H,1,32-33H2,2-26H3,(H2,53,60)/t34-,35-,36-,37-,38+,39+,40+,41+,43-,44-,45-,46-/m0/s1. The van der Waals surface area contributed by atoms with Gasteiger partial charge in [-0.2, -0.15) is 0 Å². The summed E-state index contributed by atoms with van der Waals surface area (Å²) in [7, 11) is -2.51. The maximum Gasteiger partial charge on any atom is 0.404 e. The fraction of sp³-hybridized carbons (Fsp3) is 0.808. The monoisotopic (exact) mass is 1010 g/mol. The summed E-state index contributed by atoms with van der Waals surface area (Å²) in [6.07, 6.45) is 4.45. The normalized spacial score (nSPS) is 18.9. The van der Waals surface area contributed by atoms with Crippen LogP contribution in [0.3, 0.4) is 0 Å². The number of allylic oxidation sites excluding steroid dienone is 2. The number of hydroxylamine groups is 2. The molecule has 0 spiro atoms. The van der Waals surface area contributed by atoms with E-state index < -0.39 is 79.1 Å². The predicted octanol–water partition coefficient (Wildman–Crippen LogP) is 11.2. The molecule has 68 heavy (non-hydrogen) atoms. The number of aliphatic hydroxyl groups is 1. The van der Waals surface area contributed by atoms with E-state index in [0.29, 0.717) is 6.54 Å². The fourth-order valence-corrected chi connectivity index (χ4v) is 12.0. The molecule has 3 amide bonds. The third-order valence-corrected chi connectivity index (χ3v) is 28.9. The molecule has 0 aromatic heterocycles. The van der Waals surface area contributed by atoms with Gasteiger partial charge in [-0.3, -0.25) is 19.2 Å². The van der Waals surface area contributed by atoms with Crippen LogP contribution in [0.5, 0.6) is 0 Å². The van der Waals surface area contributed by atoms with E-state index in [1.165, 1.54) is 7.11 Å². The van der Waals surface area contributed by atoms with Crippen LogP contribution >= 0.6 is 0 Å². The number of nitrogens with zero attached hydrogens (tertiary/aromatic N) is 2. The number of ketones is 1. The van der Waals surface area contributed by atoms with E-state index in [2.05, 4.69) is 115 Å². The van der Waals surface area contributed by atoms with Gasteiger partial charge in [0, 0.05) is 44.8 Å². The molecule has 0 aromatic rings. The molecule has 0 unspecified atom stereocenters. The Morgan fingerprint density at radius 1 is 0.632 bits per heavy atom. The van der Waals surface area contributed by atoms with Crippen molar-refractivity contribution in [2.45, 2.75) is 202 Å². The van der Waals surface area contributed by atoms with Crippen LogP contribution < -0.4 is 5.73 Å². The van der Waals surface area contributed by atoms with Crippen molar-refractivity contribution in [1.29, 1.82) is 0 Å². The van der Waals surface area contributed by atoms with E-state index >= 15 is 0 Å². The molecule has 0 aromatic carbocycles. The van der Waals surface area contributed by atoms with Gasteiger partial charge in [-0.15, -0.1) is 0 Å². The highest BCUT2D eigenvalue weighted by molar-refractivity contribution is 6.75. The van der Waals surface area contributed by atoms with Gasteiger partial charge in [-0.05, 0) is 66.2 Å². The molecule has 0 heterocycles. The summed E-state index contributed by atoms with van der Waals surface area (Å²) in [6.45, 7) is 49.9. The van der Waals surface area contributed by atoms with Crippen molar-refractivity contribution in [3.05, 3.63) is 37.0 Å². The van der Waals surface area contributed by atoms with Crippen molar-refractivity contribution in [3.63, 3.8) is 0 Å². The molecular formula is C52H101N3O10Si3. The molecule has 13 nitrogen and oxygen atoms in total. The van der Waals surface area contributed by atoms with Crippen molar-refractivity contribution >= 4 is 48.6 Å². The van der Waals surface area contributed by atoms with Crippen molar-refractivity contribution in [3.8, 4) is 0 Å². The van der Waals surface area contributed by atoms with Gasteiger partial charge in [0.2, 0.25) is 5.91 Å². The van der Waals surface area contributed by atoms with Crippen molar-refractivity contribution < 1.29 is 47.1 Å². The second-order valence-electron chi connectivity index (χ2n) is 24.3. The summed E-state index contributed by atoms with van der Waals surface area (Å²) in [5.74, 6) is -3.64. The lowest BCUT2D eigenvalue weighted by Gasteiger charge is -2.45. The zero-order chi connectivity index (χ0) is 53.9. The highest BCUT2D eigenvalue weighted by Crippen LogP contribution is 2.43. The van der Waals surface area contributed by atoms with Gasteiger partial charge in [0.1, 0.15) is 11.9 Å². The van der Waals surface area contributed by atoms with Crippen molar-refractivity contribution in [2.24, 2.45) is 47.2 Å². The Kier molecular flexibility index (Phi) is 25.4. The van der Waals surface area contributed by atoms with E-state index in [-0.39, 0.29) is 63.0 Å². The predicted molar refractivity (Wildman–Crippen MR) is 286 cm³/mol. The van der Waals surface area contributed by atoms with Crippen LogP contribution in [0, 0.1) is 41.4 Å². The molecule has 0 aliphatic carbocycles. The van der Waals surface area contributed by atoms with Gasteiger partial charge in [0.05, 0.1) is 43.4 Å². The number of nitrogens with two attached hydrogens (primary N) is 1. The largest absolute Gasteiger partial charge is 0.445 e. The summed E-state index contributed by atoms with van der Waals surface area (Å²) in [5.41, 5.74) is 5.63. The molecule has 0 fully saturated rings. The first-order valence-corrected chi connectivity index (χ1v) is 33.5. The minimum atomic E-state index is -2.47. The van der Waals surface area contributed by atoms with Crippen LogP contribution in [0.2, 0.25) is 54.4 Å². The first-order valence-electron chi connectivity index (χ1n) is 24.8. The molecule has 0 aliphatic heterocycles. The second kappa shape index (κ2) is 26.3. The minimum Gasteiger partial charge on any atom is -0.445 e. The Balaban J connectivity index is 6.92. The summed E-state index contributed by atoms with van der Waals surface area (Å²) in [5, 5.41) is 12.1. The third kappa shape index (κ3) is 18.9. The van der Waals surface area contributed by atoms with Crippen LogP contribution in [0.15, 0.2) is 37.0 Å². The number of rotatable bonds is 27. The van der Waals surface area contributed by atoms with Gasteiger partial charge in [0.15, 0.2) is 25.0 Å². The third-order valence-electron chi connectivity index (χ3n) is 15.5. The second-order valence-corrected chi connectivity index (χ2v) is 38.6. The molecule has 0 saturated carbocycles. The Labute approximate surface area is 418 Å². The number of aliphatic hydroxyl groups excluding tert-OH is 1. The lowest BCUT2D eigenvalue weighted by molar-refractivity contribution is -0.177. The average molecular weight is 1010 g/mol. The Bertz CT molecular complexity index is 1700. The molecule has 0 bridgehead atoms. The number of ether oxygens (including phenoxy) is 1. The summed E-state index contributed by atoms with van der Waals surface area (Å²) < 4.78 is 26.8. The van der Waals surface area contributed by atoms with Crippen molar-refractivity contribution in [2.75, 3.05) is 27.7 Å². The number of hydrogen-bond donors (Lipinski definition) is 2. The first-order chi connectivity index (χ1) is 30.5. The van der Waals surface area contributed by atoms with Gasteiger partial charge in [-0.1, -0.05) is 148 Å². The lowest BCUT2D eigenvalue weighted by Crippen LogP contribution is -2.54. The SMILES string of the molecule is C=CC=C[C@H](C)[C@H](OC(N)=O)[C@@H](C)[C@H](O[Si](C)(C)C(C)(C)C)[C@@H](C)C(=O)N(C)C[C@H](C)[C@@H](O[Si](C)(C)C(C)(C)C)[C@@H](C)C=C[C@@H](O)CC(=O)[C@H](C)[C@H](O[Si](C)(C)C(C)(C)C)[C@@H](C)C(=O)N(C)OC. The van der Waals surface area contributed by atoms with Crippen LogP contribution in [0.25, 0.3) is 0 Å². The van der Waals surface area contributed by atoms with Crippen LogP contribution in [-0.2, 0) is 37.2 Å². The van der Waals surface area contributed by atoms with Gasteiger partial charge in [-0.25, -0.2) is 9.86 Å². The van der Waals surface area contributed by atoms with E-state index in [1.54, 1.807) is 51.1 Å². The number of hydrogen-bond acceptors (Lipinski definition) is 10. The number of amides is 3. The Morgan fingerprint density at radius 2 is 1.04 bits per heavy atom. The van der Waals surface area contributed by atoms with E-state index in [1.807, 2.05) is 39.8 Å². The highest BCUT2D eigenvalue weighted by atomic mass is 28.4. The van der Waals surface area contributed by atoms with Gasteiger partial charge >= 0.3 is 6.09 Å². The first kappa shape index (κ1) is 65.6. The van der Waals surface area contributed by atoms with E-state index in [0.717, 1.165) is 5.06 Å². The minimum absolute atomic E-state index is 0.113. The Hall–Kier alpha value is -2.45. The molecule has 3 N–H and O–H groups in total. The maximum atomic E-state index is 14.7. The molecule has 16 heteroatoms. The number of carbonyl (C=O) groups excluding carboxylic acids is 4. The Morgan fingerprint density at radius 3 is 1.46 bits per heavy atom. The van der Waals surface area contributed by atoms with E-state index in [9.17, 15) is 24.3 Å². The quantitative estimate of drug-likeness (QED) is 0.0350. The molecule has 0 saturated heterocycles. The zero-order valence-electron chi connectivity index (χ0n) is 47.5. The molecular weight excluding hydrogens is 911 g/mol. The molecule has 0 radical (unpaired) electrons. The lowest BCUT2D eigenvalue weighted by atomic mass is 9.83. The molecule has 0 aliphatic rings. The maximum absolute atomic E-state index is 14.7. The van der Waals surface area contributed by atoms with Crippen LogP contribution in [0.4, 0.5) is 4.79 Å². The molecule has 12 atom stereocenters. The number of carbonyl (C=O) groups is 4. The number of primary amides is 1. The number of Topliss-reactive ketones (excluding diaryl/α,β-unsaturated/α-hetero) is 1. The summed E-state index contributed by atoms with van der Waals surface area (Å²) >= 11 is 0. The van der Waals surface area contributed by atoms with Crippen LogP contribution in [-0.4, -0.2) is 122 Å². The van der Waals surface area contributed by atoms with Crippen molar-refractivity contribution in [1.82, 2.24) is 9.96 Å². The summed E-state index contributed by atoms with van der Waals surface area (Å²) in [4.78, 5) is 61.3. The van der Waals surface area contributed by atoms with Gasteiger partial charge < -0.3 is 33.8 Å². The zero-order valence-corrected chi connectivity index (χ0v) is 50.5. The topological polar surface area (TPSA) is 167 Å². The average Bonchev–Trinajstić information content (AvgIpc) is 3.20.